The molecule has 0 unspecified atom stereocenters. The largest absolute Gasteiger partial charge is 0.265 e. The zero-order chi connectivity index (χ0) is 4.50. The second-order valence-corrected chi connectivity index (χ2v) is 2.06. The standard InChI is InChI=1S/BrHO4.K/c2-1(3,4)5;/h2H;. The molecule has 0 fully saturated rings. The summed E-state index contributed by atoms with van der Waals surface area (Å²) < 4.78 is 33.1. The van der Waals surface area contributed by atoms with Gasteiger partial charge in [-0.15, -0.1) is 0 Å². The first kappa shape index (κ1) is 10.9. The van der Waals surface area contributed by atoms with E-state index in [9.17, 15) is 0 Å². The quantitative estimate of drug-likeness (QED) is 0.384. The molecule has 1 radical (unpaired) electrons. The van der Waals surface area contributed by atoms with E-state index in [0.29, 0.717) is 0 Å². The number of rotatable bonds is 0. The molecule has 4 nitrogen and oxygen atoms in total. The van der Waals surface area contributed by atoms with Crippen LogP contribution in [0.1, 0.15) is 0 Å². The molecule has 33 valence electrons. The van der Waals surface area contributed by atoms with E-state index in [-0.39, 0.29) is 51.4 Å². The van der Waals surface area contributed by atoms with Crippen LogP contribution in [0.2, 0.25) is 0 Å². The number of halogens is 1. The van der Waals surface area contributed by atoms with Gasteiger partial charge in [0.15, 0.2) is 0 Å². The minimum atomic E-state index is -5.38. The van der Waals surface area contributed by atoms with Gasteiger partial charge in [-0.25, -0.2) is 12.6 Å². The summed E-state index contributed by atoms with van der Waals surface area (Å²) >= 11 is -5.38. The van der Waals surface area contributed by atoms with E-state index < -0.39 is 14.1 Å². The molecule has 0 saturated heterocycles. The minimum Gasteiger partial charge on any atom is -0.228 e. The molecule has 0 rings (SSSR count). The topological polar surface area (TPSA) is 89.4 Å². The van der Waals surface area contributed by atoms with Gasteiger partial charge in [-0.2, -0.15) is 0 Å². The molecule has 0 spiro atoms. The van der Waals surface area contributed by atoms with Crippen molar-refractivity contribution in [2.24, 2.45) is 0 Å². The Morgan fingerprint density at radius 2 is 1.17 bits per heavy atom. The molecule has 0 aliphatic rings. The summed E-state index contributed by atoms with van der Waals surface area (Å²) in [6, 6.07) is 0. The van der Waals surface area contributed by atoms with Gasteiger partial charge >= 0.3 is 0 Å². The predicted molar refractivity (Wildman–Crippen MR) is 7.97 cm³/mol. The third-order valence-corrected chi connectivity index (χ3v) is 0. The van der Waals surface area contributed by atoms with Crippen LogP contribution in [0.15, 0.2) is 0 Å². The van der Waals surface area contributed by atoms with Crippen molar-refractivity contribution in [3.8, 4) is 0 Å². The monoisotopic (exact) mass is 183 g/mol. The third kappa shape index (κ3) is 38.2. The van der Waals surface area contributed by atoms with Crippen LogP contribution in [0.4, 0.5) is 0 Å². The van der Waals surface area contributed by atoms with Gasteiger partial charge in [0.25, 0.3) is 14.1 Å². The van der Waals surface area contributed by atoms with Crippen LogP contribution in [0.3, 0.4) is 0 Å². The van der Waals surface area contributed by atoms with E-state index >= 15 is 0 Å². The predicted octanol–water partition coefficient (Wildman–Crippen LogP) is -4.50. The van der Waals surface area contributed by atoms with Crippen LogP contribution in [-0.4, -0.2) is 55.6 Å². The maximum Gasteiger partial charge on any atom is 0.265 e. The van der Waals surface area contributed by atoms with E-state index in [1.165, 1.54) is 0 Å². The van der Waals surface area contributed by atoms with E-state index in [4.69, 9.17) is 16.8 Å². The molecular formula is HBrKO4. The molecule has 0 atom stereocenters. The smallest absolute Gasteiger partial charge is 0.228 e. The van der Waals surface area contributed by atoms with E-state index in [2.05, 4.69) is 0 Å². The Bertz CT molecular complexity index is 23.0. The average Bonchev–Trinajstić information content (AvgIpc) is 0.722. The van der Waals surface area contributed by atoms with E-state index in [1.807, 2.05) is 0 Å². The van der Waals surface area contributed by atoms with Crippen LogP contribution in [0.5, 0.6) is 0 Å². The molecule has 0 heterocycles. The summed E-state index contributed by atoms with van der Waals surface area (Å²) in [5.74, 6) is 0. The van der Waals surface area contributed by atoms with Crippen LogP contribution in [0, 0.1) is 14.1 Å². The first-order valence-corrected chi connectivity index (χ1v) is 3.28. The van der Waals surface area contributed by atoms with Gasteiger partial charge in [0.2, 0.25) is 0 Å². The van der Waals surface area contributed by atoms with Gasteiger partial charge in [0.1, 0.15) is 0 Å². The maximum absolute atomic E-state index is 8.69. The van der Waals surface area contributed by atoms with Crippen LogP contribution < -0.4 is 12.6 Å². The summed E-state index contributed by atoms with van der Waals surface area (Å²) in [4.78, 5) is 0. The van der Waals surface area contributed by atoms with Crippen LogP contribution >= 0.6 is 0 Å². The molecular weight excluding hydrogens is 183 g/mol. The maximum atomic E-state index is 8.69. The average molecular weight is 184 g/mol. The van der Waals surface area contributed by atoms with Crippen molar-refractivity contribution < 1.29 is 30.9 Å². The minimum absolute atomic E-state index is 0. The van der Waals surface area contributed by atoms with Crippen molar-refractivity contribution in [3.63, 3.8) is 0 Å². The van der Waals surface area contributed by atoms with Crippen LogP contribution in [-0.2, 0) is 0 Å². The van der Waals surface area contributed by atoms with Gasteiger partial charge in [-0.1, -0.05) is 0 Å². The SMILES string of the molecule is [K].[O-][Br+3]([O-])([O-])O. The Morgan fingerprint density at radius 1 is 1.17 bits per heavy atom. The zero-order valence-electron chi connectivity index (χ0n) is 3.05. The fourth-order valence-corrected chi connectivity index (χ4v) is 0. The molecule has 0 aromatic heterocycles. The summed E-state index contributed by atoms with van der Waals surface area (Å²) in [5, 5.41) is 0. The summed E-state index contributed by atoms with van der Waals surface area (Å²) in [7, 11) is 0. The van der Waals surface area contributed by atoms with Gasteiger partial charge in [-0.3, -0.25) is 0 Å². The Balaban J connectivity index is 0. The second kappa shape index (κ2) is 3.90. The molecule has 0 aromatic rings. The molecule has 6 heteroatoms. The van der Waals surface area contributed by atoms with Crippen molar-refractivity contribution in [1.29, 1.82) is 0 Å². The van der Waals surface area contributed by atoms with Gasteiger partial charge in [0, 0.05) is 55.6 Å². The van der Waals surface area contributed by atoms with Crippen molar-refractivity contribution in [2.75, 3.05) is 0 Å². The Hall–Kier alpha value is 1.96. The molecule has 6 heavy (non-hydrogen) atoms. The zero-order valence-corrected chi connectivity index (χ0v) is 7.76. The molecule has 1 N–H and O–H groups in total. The second-order valence-electron chi connectivity index (χ2n) is 0.396. The number of hydrogen-bond acceptors (Lipinski definition) is 4. The van der Waals surface area contributed by atoms with Gasteiger partial charge < -0.3 is 0 Å². The fourth-order valence-electron chi connectivity index (χ4n) is 0. The Morgan fingerprint density at radius 3 is 1.17 bits per heavy atom. The van der Waals surface area contributed by atoms with E-state index in [0.717, 1.165) is 0 Å². The third-order valence-electron chi connectivity index (χ3n) is 0. The van der Waals surface area contributed by atoms with Gasteiger partial charge in [-0.05, 0) is 0 Å². The summed E-state index contributed by atoms with van der Waals surface area (Å²) in [5.41, 5.74) is 0. The first-order valence-electron chi connectivity index (χ1n) is 0.632. The molecule has 0 aliphatic heterocycles. The van der Waals surface area contributed by atoms with Crippen molar-refractivity contribution in [3.05, 3.63) is 0 Å². The fraction of sp³-hybridized carbons (Fsp3) is 0. The molecule has 0 amide bonds. The Labute approximate surface area is 80.7 Å². The van der Waals surface area contributed by atoms with Crippen molar-refractivity contribution in [1.82, 2.24) is 0 Å². The number of hydrogen-bond donors (Lipinski definition) is 1. The molecule has 0 aliphatic carbocycles. The summed E-state index contributed by atoms with van der Waals surface area (Å²) in [6.07, 6.45) is 0. The van der Waals surface area contributed by atoms with Crippen molar-refractivity contribution in [2.45, 2.75) is 0 Å². The van der Waals surface area contributed by atoms with Crippen molar-refractivity contribution >= 4 is 51.4 Å². The summed E-state index contributed by atoms with van der Waals surface area (Å²) in [6.45, 7) is 0. The van der Waals surface area contributed by atoms with Gasteiger partial charge in [0.05, 0.1) is 0 Å². The normalized spacial score (nSPS) is 10.0. The Kier molecular flexibility index (Phi) is 7.05. The molecule has 0 aromatic carbocycles. The molecule has 0 bridgehead atoms. The van der Waals surface area contributed by atoms with E-state index in [1.54, 1.807) is 0 Å². The van der Waals surface area contributed by atoms with Crippen LogP contribution in [0.25, 0.3) is 0 Å². The molecule has 0 saturated carbocycles. The first-order chi connectivity index (χ1) is 2.00.